The van der Waals surface area contributed by atoms with Crippen molar-refractivity contribution in [2.45, 2.75) is 63.9 Å². The number of rotatable bonds is 6. The molecule has 2 N–H and O–H groups in total. The van der Waals surface area contributed by atoms with E-state index in [1.165, 1.54) is 31.5 Å². The van der Waals surface area contributed by atoms with E-state index in [0.29, 0.717) is 18.1 Å². The molecule has 0 saturated carbocycles. The number of aliphatic hydroxyl groups excluding tert-OH is 1. The van der Waals surface area contributed by atoms with E-state index in [-0.39, 0.29) is 6.10 Å². The summed E-state index contributed by atoms with van der Waals surface area (Å²) in [6.07, 6.45) is 3.20. The first-order valence-electron chi connectivity index (χ1n) is 9.55. The third kappa shape index (κ3) is 4.79. The minimum absolute atomic E-state index is 0.177. The quantitative estimate of drug-likeness (QED) is 0.837. The molecule has 4 heteroatoms. The van der Waals surface area contributed by atoms with Crippen LogP contribution in [0.15, 0.2) is 30.3 Å². The minimum Gasteiger partial charge on any atom is -0.392 e. The van der Waals surface area contributed by atoms with Crippen molar-refractivity contribution in [1.29, 1.82) is 0 Å². The second kappa shape index (κ2) is 8.43. The number of likely N-dealkylation sites (tertiary alicyclic amines) is 2. The van der Waals surface area contributed by atoms with Crippen LogP contribution in [0.2, 0.25) is 0 Å². The third-order valence-electron chi connectivity index (χ3n) is 5.64. The normalized spacial score (nSPS) is 27.2. The fraction of sp³-hybridized carbons (Fsp3) is 0.700. The molecule has 24 heavy (non-hydrogen) atoms. The van der Waals surface area contributed by atoms with Crippen LogP contribution in [-0.2, 0) is 6.54 Å². The van der Waals surface area contributed by atoms with Crippen LogP contribution in [0.5, 0.6) is 0 Å². The molecule has 2 aliphatic heterocycles. The summed E-state index contributed by atoms with van der Waals surface area (Å²) in [4.78, 5) is 5.01. The van der Waals surface area contributed by atoms with E-state index in [0.717, 1.165) is 26.1 Å². The van der Waals surface area contributed by atoms with Crippen LogP contribution < -0.4 is 5.32 Å². The standard InChI is InChI=1S/C20H33N3O/c1-16(2)22-10-8-18(9-11-22)21-13-19-12-20(24)15-23(19)14-17-6-4-3-5-7-17/h3-7,16,18-21,24H,8-15H2,1-2H3/t19-,20-/m1/s1. The molecule has 0 spiro atoms. The summed E-state index contributed by atoms with van der Waals surface area (Å²) in [5.41, 5.74) is 1.34. The van der Waals surface area contributed by atoms with Gasteiger partial charge in [0.15, 0.2) is 0 Å². The summed E-state index contributed by atoms with van der Waals surface area (Å²) in [7, 11) is 0. The number of nitrogens with zero attached hydrogens (tertiary/aromatic N) is 2. The number of benzene rings is 1. The van der Waals surface area contributed by atoms with Gasteiger partial charge in [-0.1, -0.05) is 30.3 Å². The fourth-order valence-corrected chi connectivity index (χ4v) is 4.10. The summed E-state index contributed by atoms with van der Waals surface area (Å²) in [5, 5.41) is 13.9. The number of hydrogen-bond donors (Lipinski definition) is 2. The molecule has 0 unspecified atom stereocenters. The Kier molecular flexibility index (Phi) is 6.28. The highest BCUT2D eigenvalue weighted by atomic mass is 16.3. The van der Waals surface area contributed by atoms with Gasteiger partial charge in [0, 0.05) is 37.8 Å². The molecule has 0 aliphatic carbocycles. The zero-order chi connectivity index (χ0) is 16.9. The molecule has 1 aromatic rings. The molecule has 2 atom stereocenters. The van der Waals surface area contributed by atoms with E-state index in [4.69, 9.17) is 0 Å². The Hall–Kier alpha value is -0.940. The first-order chi connectivity index (χ1) is 11.6. The van der Waals surface area contributed by atoms with Gasteiger partial charge in [0.05, 0.1) is 6.10 Å². The Morgan fingerprint density at radius 3 is 2.54 bits per heavy atom. The first kappa shape index (κ1) is 17.9. The predicted octanol–water partition coefficient (Wildman–Crippen LogP) is 2.08. The second-order valence-electron chi connectivity index (χ2n) is 7.77. The zero-order valence-corrected chi connectivity index (χ0v) is 15.2. The maximum absolute atomic E-state index is 10.1. The van der Waals surface area contributed by atoms with Crippen molar-refractivity contribution in [1.82, 2.24) is 15.1 Å². The molecule has 0 amide bonds. The number of β-amino-alcohol motifs (C(OH)–C–C–N with tert-alkyl or cyclic N) is 1. The van der Waals surface area contributed by atoms with Crippen LogP contribution >= 0.6 is 0 Å². The Morgan fingerprint density at radius 2 is 1.88 bits per heavy atom. The number of aliphatic hydroxyl groups is 1. The lowest BCUT2D eigenvalue weighted by Gasteiger charge is -2.36. The van der Waals surface area contributed by atoms with Crippen molar-refractivity contribution in [3.63, 3.8) is 0 Å². The molecule has 0 radical (unpaired) electrons. The highest BCUT2D eigenvalue weighted by molar-refractivity contribution is 5.15. The van der Waals surface area contributed by atoms with Crippen LogP contribution in [0.25, 0.3) is 0 Å². The summed E-state index contributed by atoms with van der Waals surface area (Å²) >= 11 is 0. The van der Waals surface area contributed by atoms with Gasteiger partial charge in [-0.3, -0.25) is 4.90 Å². The lowest BCUT2D eigenvalue weighted by atomic mass is 10.0. The topological polar surface area (TPSA) is 38.7 Å². The molecule has 1 aromatic carbocycles. The predicted molar refractivity (Wildman–Crippen MR) is 99.0 cm³/mol. The van der Waals surface area contributed by atoms with E-state index >= 15 is 0 Å². The van der Waals surface area contributed by atoms with Crippen LogP contribution in [-0.4, -0.2) is 65.3 Å². The van der Waals surface area contributed by atoms with Gasteiger partial charge in [-0.25, -0.2) is 0 Å². The van der Waals surface area contributed by atoms with Gasteiger partial charge in [-0.15, -0.1) is 0 Å². The van der Waals surface area contributed by atoms with E-state index in [1.54, 1.807) is 0 Å². The molecule has 2 heterocycles. The molecule has 134 valence electrons. The molecule has 2 aliphatic rings. The van der Waals surface area contributed by atoms with Gasteiger partial charge in [0.1, 0.15) is 0 Å². The third-order valence-corrected chi connectivity index (χ3v) is 5.64. The average Bonchev–Trinajstić information content (AvgIpc) is 2.93. The maximum Gasteiger partial charge on any atom is 0.0682 e. The summed E-state index contributed by atoms with van der Waals surface area (Å²) < 4.78 is 0. The van der Waals surface area contributed by atoms with E-state index < -0.39 is 0 Å². The summed E-state index contributed by atoms with van der Waals surface area (Å²) in [6, 6.07) is 12.4. The smallest absolute Gasteiger partial charge is 0.0682 e. The van der Waals surface area contributed by atoms with Crippen LogP contribution in [0.1, 0.15) is 38.7 Å². The van der Waals surface area contributed by atoms with Gasteiger partial charge >= 0.3 is 0 Å². The van der Waals surface area contributed by atoms with Gasteiger partial charge in [-0.05, 0) is 51.8 Å². The number of nitrogens with one attached hydrogen (secondary N) is 1. The Morgan fingerprint density at radius 1 is 1.17 bits per heavy atom. The molecular formula is C20H33N3O. The SMILES string of the molecule is CC(C)N1CCC(NC[C@H]2C[C@@H](O)CN2Cc2ccccc2)CC1. The lowest BCUT2D eigenvalue weighted by molar-refractivity contribution is 0.154. The van der Waals surface area contributed by atoms with Crippen molar-refractivity contribution < 1.29 is 5.11 Å². The van der Waals surface area contributed by atoms with Crippen molar-refractivity contribution in [3.05, 3.63) is 35.9 Å². The lowest BCUT2D eigenvalue weighted by Crippen LogP contribution is -2.48. The van der Waals surface area contributed by atoms with E-state index in [9.17, 15) is 5.11 Å². The number of piperidine rings is 1. The van der Waals surface area contributed by atoms with E-state index in [2.05, 4.69) is 59.3 Å². The average molecular weight is 332 g/mol. The van der Waals surface area contributed by atoms with Crippen LogP contribution in [0.4, 0.5) is 0 Å². The molecule has 4 nitrogen and oxygen atoms in total. The van der Waals surface area contributed by atoms with Crippen LogP contribution in [0, 0.1) is 0 Å². The van der Waals surface area contributed by atoms with Crippen molar-refractivity contribution in [2.24, 2.45) is 0 Å². The monoisotopic (exact) mass is 331 g/mol. The molecule has 0 aromatic heterocycles. The second-order valence-corrected chi connectivity index (χ2v) is 7.77. The Balaban J connectivity index is 1.47. The van der Waals surface area contributed by atoms with Crippen molar-refractivity contribution in [3.8, 4) is 0 Å². The summed E-state index contributed by atoms with van der Waals surface area (Å²) in [6.45, 7) is 9.72. The van der Waals surface area contributed by atoms with Crippen molar-refractivity contribution in [2.75, 3.05) is 26.2 Å². The number of hydrogen-bond acceptors (Lipinski definition) is 4. The van der Waals surface area contributed by atoms with Crippen molar-refractivity contribution >= 4 is 0 Å². The van der Waals surface area contributed by atoms with Crippen LogP contribution in [0.3, 0.4) is 0 Å². The molecule has 3 rings (SSSR count). The zero-order valence-electron chi connectivity index (χ0n) is 15.2. The molecule has 2 fully saturated rings. The fourth-order valence-electron chi connectivity index (χ4n) is 4.10. The highest BCUT2D eigenvalue weighted by Gasteiger charge is 2.31. The Bertz CT molecular complexity index is 485. The molecular weight excluding hydrogens is 298 g/mol. The van der Waals surface area contributed by atoms with Gasteiger partial charge in [0.2, 0.25) is 0 Å². The molecule has 0 bridgehead atoms. The van der Waals surface area contributed by atoms with Gasteiger partial charge < -0.3 is 15.3 Å². The largest absolute Gasteiger partial charge is 0.392 e. The maximum atomic E-state index is 10.1. The first-order valence-corrected chi connectivity index (χ1v) is 9.55. The van der Waals surface area contributed by atoms with E-state index in [1.807, 2.05) is 0 Å². The summed E-state index contributed by atoms with van der Waals surface area (Å²) in [5.74, 6) is 0. The Labute approximate surface area is 146 Å². The minimum atomic E-state index is -0.177. The van der Waals surface area contributed by atoms with Gasteiger partial charge in [0.25, 0.3) is 0 Å². The highest BCUT2D eigenvalue weighted by Crippen LogP contribution is 2.21. The van der Waals surface area contributed by atoms with Gasteiger partial charge in [-0.2, -0.15) is 0 Å². The molecule has 2 saturated heterocycles.